The molecule has 3 nitrogen and oxygen atoms in total. The van der Waals surface area contributed by atoms with Crippen LogP contribution < -0.4 is 0 Å². The zero-order chi connectivity index (χ0) is 19.8. The highest BCUT2D eigenvalue weighted by atomic mass is 32.2. The van der Waals surface area contributed by atoms with Gasteiger partial charge >= 0.3 is 0 Å². The number of nitrogens with zero attached hydrogens (tertiary/aromatic N) is 1. The molecule has 0 spiro atoms. The number of aryl methyl sites for hydroxylation is 1. The molecule has 150 valence electrons. The first-order valence-corrected chi connectivity index (χ1v) is 12.0. The number of benzene rings is 2. The molecule has 0 bridgehead atoms. The van der Waals surface area contributed by atoms with E-state index in [2.05, 4.69) is 29.2 Å². The average Bonchev–Trinajstić information content (AvgIpc) is 3.12. The first-order valence-electron chi connectivity index (χ1n) is 10.5. The fourth-order valence-electron chi connectivity index (χ4n) is 5.13. The summed E-state index contributed by atoms with van der Waals surface area (Å²) < 4.78 is 25.3. The third-order valence-electron chi connectivity index (χ3n) is 6.83. The van der Waals surface area contributed by atoms with Crippen LogP contribution in [-0.2, 0) is 16.3 Å². The van der Waals surface area contributed by atoms with Crippen LogP contribution in [0.5, 0.6) is 0 Å². The molecule has 0 amide bonds. The van der Waals surface area contributed by atoms with Crippen LogP contribution in [0.25, 0.3) is 0 Å². The van der Waals surface area contributed by atoms with Gasteiger partial charge < -0.3 is 0 Å². The topological polar surface area (TPSA) is 37.4 Å². The van der Waals surface area contributed by atoms with Gasteiger partial charge in [-0.25, -0.2) is 8.42 Å². The Morgan fingerprint density at radius 3 is 2.50 bits per heavy atom. The minimum atomic E-state index is -3.32. The maximum atomic E-state index is 13.0. The van der Waals surface area contributed by atoms with Gasteiger partial charge in [-0.3, -0.25) is 4.90 Å². The molecule has 0 aromatic heterocycles. The minimum absolute atomic E-state index is 0.435. The van der Waals surface area contributed by atoms with Crippen molar-refractivity contribution >= 4 is 9.84 Å². The highest BCUT2D eigenvalue weighted by molar-refractivity contribution is 7.92. The number of sulfone groups is 1. The quantitative estimate of drug-likeness (QED) is 0.701. The van der Waals surface area contributed by atoms with Crippen molar-refractivity contribution in [2.24, 2.45) is 0 Å². The second kappa shape index (κ2) is 7.64. The summed E-state index contributed by atoms with van der Waals surface area (Å²) in [5.41, 5.74) is 3.08. The van der Waals surface area contributed by atoms with E-state index in [0.717, 1.165) is 19.5 Å². The normalized spacial score (nSPS) is 22.6. The van der Waals surface area contributed by atoms with Crippen LogP contribution in [0.2, 0.25) is 0 Å². The zero-order valence-electron chi connectivity index (χ0n) is 17.0. The Balaban J connectivity index is 1.38. The van der Waals surface area contributed by atoms with Gasteiger partial charge in [0.2, 0.25) is 0 Å². The van der Waals surface area contributed by atoms with E-state index in [4.69, 9.17) is 0 Å². The summed E-state index contributed by atoms with van der Waals surface area (Å²) in [5, 5.41) is 0. The van der Waals surface area contributed by atoms with Crippen LogP contribution in [0, 0.1) is 0 Å². The lowest BCUT2D eigenvalue weighted by atomic mass is 9.79. The highest BCUT2D eigenvalue weighted by Crippen LogP contribution is 2.41. The molecule has 2 aromatic rings. The second-order valence-electron chi connectivity index (χ2n) is 8.92. The summed E-state index contributed by atoms with van der Waals surface area (Å²) in [5.74, 6) is 0.658. The number of hydrogen-bond acceptors (Lipinski definition) is 3. The Bertz CT molecular complexity index is 921. The largest absolute Gasteiger partial charge is 0.300 e. The molecular weight excluding hydrogens is 366 g/mol. The van der Waals surface area contributed by atoms with Gasteiger partial charge in [0.1, 0.15) is 0 Å². The molecule has 0 N–H and O–H groups in total. The summed E-state index contributed by atoms with van der Waals surface area (Å²) in [6.07, 6.45) is 5.24. The molecule has 2 atom stereocenters. The van der Waals surface area contributed by atoms with Crippen LogP contribution in [0.3, 0.4) is 0 Å². The first-order chi connectivity index (χ1) is 13.4. The van der Waals surface area contributed by atoms with Crippen LogP contribution in [0.4, 0.5) is 0 Å². The van der Waals surface area contributed by atoms with Crippen molar-refractivity contribution in [3.05, 3.63) is 65.7 Å². The van der Waals surface area contributed by atoms with Crippen LogP contribution in [0.1, 0.15) is 56.6 Å². The van der Waals surface area contributed by atoms with Gasteiger partial charge in [-0.1, -0.05) is 42.5 Å². The lowest BCUT2D eigenvalue weighted by molar-refractivity contribution is 0.220. The van der Waals surface area contributed by atoms with Crippen molar-refractivity contribution in [3.8, 4) is 0 Å². The lowest BCUT2D eigenvalue weighted by Gasteiger charge is -2.34. The van der Waals surface area contributed by atoms with Crippen molar-refractivity contribution in [1.29, 1.82) is 0 Å². The molecule has 4 heteroatoms. The molecule has 4 rings (SSSR count). The van der Waals surface area contributed by atoms with Gasteiger partial charge in [0.25, 0.3) is 0 Å². The lowest BCUT2D eigenvalue weighted by Crippen LogP contribution is -2.37. The van der Waals surface area contributed by atoms with Crippen molar-refractivity contribution in [3.63, 3.8) is 0 Å². The van der Waals surface area contributed by atoms with E-state index in [-0.39, 0.29) is 0 Å². The zero-order valence-corrected chi connectivity index (χ0v) is 17.8. The summed E-state index contributed by atoms with van der Waals surface area (Å²) in [6.45, 7) is 5.88. The van der Waals surface area contributed by atoms with E-state index in [1.807, 2.05) is 19.9 Å². The summed E-state index contributed by atoms with van der Waals surface area (Å²) in [7, 11) is -3.32. The molecular formula is C24H31NO2S. The third kappa shape index (κ3) is 3.53. The number of rotatable bonds is 6. The Labute approximate surface area is 169 Å². The SMILES string of the molecule is CC(C)(CCCN1CCC2c3ccccc3CC[C@H]21)S(=O)(=O)c1ccccc1. The molecule has 1 aliphatic heterocycles. The predicted molar refractivity (Wildman–Crippen MR) is 114 cm³/mol. The van der Waals surface area contributed by atoms with Gasteiger partial charge in [0, 0.05) is 12.0 Å². The van der Waals surface area contributed by atoms with Gasteiger partial charge in [-0.15, -0.1) is 0 Å². The van der Waals surface area contributed by atoms with Gasteiger partial charge in [0.15, 0.2) is 9.84 Å². The third-order valence-corrected chi connectivity index (χ3v) is 9.38. The average molecular weight is 398 g/mol. The fourth-order valence-corrected chi connectivity index (χ4v) is 6.70. The summed E-state index contributed by atoms with van der Waals surface area (Å²) in [4.78, 5) is 3.05. The fraction of sp³-hybridized carbons (Fsp3) is 0.500. The molecule has 0 radical (unpaired) electrons. The molecule has 1 aliphatic carbocycles. The molecule has 2 aromatic carbocycles. The smallest absolute Gasteiger partial charge is 0.183 e. The Morgan fingerprint density at radius 1 is 1.00 bits per heavy atom. The predicted octanol–water partition coefficient (Wildman–Crippen LogP) is 4.82. The van der Waals surface area contributed by atoms with E-state index < -0.39 is 14.6 Å². The van der Waals surface area contributed by atoms with E-state index in [1.54, 1.807) is 29.8 Å². The Kier molecular flexibility index (Phi) is 5.36. The van der Waals surface area contributed by atoms with Gasteiger partial charge in [0.05, 0.1) is 9.64 Å². The van der Waals surface area contributed by atoms with E-state index in [1.165, 1.54) is 24.8 Å². The molecule has 0 saturated carbocycles. The number of likely N-dealkylation sites (tertiary alicyclic amines) is 1. The molecule has 28 heavy (non-hydrogen) atoms. The van der Waals surface area contributed by atoms with Crippen LogP contribution in [-0.4, -0.2) is 37.2 Å². The Morgan fingerprint density at radius 2 is 1.71 bits per heavy atom. The van der Waals surface area contributed by atoms with Crippen LogP contribution in [0.15, 0.2) is 59.5 Å². The van der Waals surface area contributed by atoms with E-state index in [0.29, 0.717) is 23.3 Å². The Hall–Kier alpha value is -1.65. The summed E-state index contributed by atoms with van der Waals surface area (Å²) >= 11 is 0. The van der Waals surface area contributed by atoms with Crippen LogP contribution >= 0.6 is 0 Å². The maximum absolute atomic E-state index is 13.0. The molecule has 1 fully saturated rings. The van der Waals surface area contributed by atoms with Gasteiger partial charge in [-0.2, -0.15) is 0 Å². The minimum Gasteiger partial charge on any atom is -0.300 e. The van der Waals surface area contributed by atoms with Crippen molar-refractivity contribution in [2.45, 2.75) is 67.6 Å². The monoisotopic (exact) mass is 397 g/mol. The van der Waals surface area contributed by atoms with Crippen molar-refractivity contribution in [1.82, 2.24) is 4.90 Å². The maximum Gasteiger partial charge on any atom is 0.183 e. The molecule has 1 saturated heterocycles. The van der Waals surface area contributed by atoms with Crippen molar-refractivity contribution in [2.75, 3.05) is 13.1 Å². The van der Waals surface area contributed by atoms with Gasteiger partial charge in [-0.05, 0) is 82.3 Å². The first kappa shape index (κ1) is 19.7. The van der Waals surface area contributed by atoms with Crippen molar-refractivity contribution < 1.29 is 8.42 Å². The second-order valence-corrected chi connectivity index (χ2v) is 11.5. The molecule has 1 heterocycles. The number of hydrogen-bond donors (Lipinski definition) is 0. The molecule has 1 unspecified atom stereocenters. The summed E-state index contributed by atoms with van der Waals surface area (Å²) in [6, 6.07) is 18.4. The van der Waals surface area contributed by atoms with E-state index in [9.17, 15) is 8.42 Å². The standard InChI is InChI=1S/C24H31NO2S/c1-24(2,28(26,27)20-10-4-3-5-11-20)16-8-17-25-18-15-22-21-12-7-6-9-19(21)13-14-23(22)25/h3-7,9-12,22-23H,8,13-18H2,1-2H3/t22?,23-/m1/s1. The molecule has 2 aliphatic rings. The number of fused-ring (bicyclic) bond motifs is 3. The highest BCUT2D eigenvalue weighted by Gasteiger charge is 2.39. The van der Waals surface area contributed by atoms with E-state index >= 15 is 0 Å².